The van der Waals surface area contributed by atoms with E-state index in [2.05, 4.69) is 9.97 Å². The van der Waals surface area contributed by atoms with Crippen LogP contribution in [0.3, 0.4) is 0 Å². The third kappa shape index (κ3) is 2.55. The summed E-state index contributed by atoms with van der Waals surface area (Å²) in [5.74, 6) is 1.39. The molecule has 4 nitrogen and oxygen atoms in total. The van der Waals surface area contributed by atoms with Crippen molar-refractivity contribution in [1.29, 1.82) is 0 Å². The van der Waals surface area contributed by atoms with Crippen LogP contribution in [0.5, 0.6) is 0 Å². The van der Waals surface area contributed by atoms with Gasteiger partial charge in [0.15, 0.2) is 0 Å². The van der Waals surface area contributed by atoms with Crippen LogP contribution in [0, 0.1) is 5.92 Å². The molecule has 1 N–H and O–H groups in total. The van der Waals surface area contributed by atoms with Gasteiger partial charge >= 0.3 is 5.97 Å². The Morgan fingerprint density at radius 3 is 2.90 bits per heavy atom. The highest BCUT2D eigenvalue weighted by Gasteiger charge is 2.18. The molecule has 0 radical (unpaired) electrons. The van der Waals surface area contributed by atoms with Crippen molar-refractivity contribution in [2.45, 2.75) is 38.5 Å². The molecule has 1 aromatic heterocycles. The van der Waals surface area contributed by atoms with Crippen molar-refractivity contribution in [1.82, 2.24) is 9.97 Å². The number of hydrogen-bond acceptors (Lipinski definition) is 3. The summed E-state index contributed by atoms with van der Waals surface area (Å²) in [4.78, 5) is 19.7. The van der Waals surface area contributed by atoms with Gasteiger partial charge in [-0.05, 0) is 18.1 Å². The molecule has 1 aliphatic rings. The minimum Gasteiger partial charge on any atom is -0.465 e. The van der Waals surface area contributed by atoms with E-state index in [0.29, 0.717) is 5.56 Å². The predicted octanol–water partition coefficient (Wildman–Crippen LogP) is 3.47. The van der Waals surface area contributed by atoms with Crippen molar-refractivity contribution < 1.29 is 9.53 Å². The fourth-order valence-corrected chi connectivity index (χ4v) is 3.12. The van der Waals surface area contributed by atoms with E-state index < -0.39 is 0 Å². The standard InChI is InChI=1S/C16H20N2O2/c1-20-16(19)12-8-5-9-13-15(12)18-14(17-13)10-11-6-3-2-4-7-11/h5,8-9,11H,2-4,6-7,10H2,1H3,(H,17,18). The molecular formula is C16H20N2O2. The molecule has 4 heteroatoms. The smallest absolute Gasteiger partial charge is 0.340 e. The van der Waals surface area contributed by atoms with Gasteiger partial charge in [-0.3, -0.25) is 0 Å². The van der Waals surface area contributed by atoms with Crippen molar-refractivity contribution in [3.63, 3.8) is 0 Å². The maximum Gasteiger partial charge on any atom is 0.340 e. The Labute approximate surface area is 118 Å². The number of nitrogens with one attached hydrogen (secondary N) is 1. The van der Waals surface area contributed by atoms with Gasteiger partial charge in [-0.15, -0.1) is 0 Å². The van der Waals surface area contributed by atoms with Crippen molar-refractivity contribution in [2.75, 3.05) is 7.11 Å². The maximum atomic E-state index is 11.8. The molecule has 1 heterocycles. The maximum absolute atomic E-state index is 11.8. The lowest BCUT2D eigenvalue weighted by Crippen LogP contribution is -2.10. The Bertz CT molecular complexity index is 612. The zero-order valence-electron chi connectivity index (χ0n) is 11.8. The molecule has 20 heavy (non-hydrogen) atoms. The minimum atomic E-state index is -0.327. The number of esters is 1. The molecule has 1 saturated carbocycles. The van der Waals surface area contributed by atoms with Crippen LogP contribution in [0.4, 0.5) is 0 Å². The number of nitrogens with zero attached hydrogens (tertiary/aromatic N) is 1. The fourth-order valence-electron chi connectivity index (χ4n) is 3.12. The van der Waals surface area contributed by atoms with Crippen LogP contribution in [-0.4, -0.2) is 23.0 Å². The third-order valence-corrected chi connectivity index (χ3v) is 4.17. The van der Waals surface area contributed by atoms with Crippen molar-refractivity contribution in [3.8, 4) is 0 Å². The van der Waals surface area contributed by atoms with E-state index >= 15 is 0 Å². The first-order valence-corrected chi connectivity index (χ1v) is 7.34. The first kappa shape index (κ1) is 13.2. The molecule has 1 aromatic carbocycles. The summed E-state index contributed by atoms with van der Waals surface area (Å²) in [6, 6.07) is 5.58. The summed E-state index contributed by atoms with van der Waals surface area (Å²) < 4.78 is 4.81. The lowest BCUT2D eigenvalue weighted by atomic mass is 9.87. The quantitative estimate of drug-likeness (QED) is 0.870. The number of H-pyrrole nitrogens is 1. The number of carbonyl (C=O) groups is 1. The summed E-state index contributed by atoms with van der Waals surface area (Å²) >= 11 is 0. The van der Waals surface area contributed by atoms with Crippen LogP contribution < -0.4 is 0 Å². The monoisotopic (exact) mass is 272 g/mol. The number of carbonyl (C=O) groups excluding carboxylic acids is 1. The van der Waals surface area contributed by atoms with Gasteiger partial charge < -0.3 is 9.72 Å². The average molecular weight is 272 g/mol. The van der Waals surface area contributed by atoms with E-state index in [-0.39, 0.29) is 5.97 Å². The zero-order valence-corrected chi connectivity index (χ0v) is 11.8. The number of ether oxygens (including phenoxy) is 1. The van der Waals surface area contributed by atoms with Crippen LogP contribution in [0.2, 0.25) is 0 Å². The number of aromatic nitrogens is 2. The Morgan fingerprint density at radius 2 is 2.15 bits per heavy atom. The SMILES string of the molecule is COC(=O)c1cccc2[nH]c(CC3CCCCC3)nc12. The number of imidazole rings is 1. The molecule has 0 saturated heterocycles. The Kier molecular flexibility index (Phi) is 3.72. The second kappa shape index (κ2) is 5.65. The molecule has 1 aliphatic carbocycles. The average Bonchev–Trinajstić information content (AvgIpc) is 2.89. The minimum absolute atomic E-state index is 0.327. The van der Waals surface area contributed by atoms with Crippen molar-refractivity contribution in [3.05, 3.63) is 29.6 Å². The molecule has 0 amide bonds. The number of para-hydroxylation sites is 1. The molecule has 0 spiro atoms. The third-order valence-electron chi connectivity index (χ3n) is 4.17. The lowest BCUT2D eigenvalue weighted by molar-refractivity contribution is 0.0603. The van der Waals surface area contributed by atoms with Gasteiger partial charge in [-0.2, -0.15) is 0 Å². The van der Waals surface area contributed by atoms with Gasteiger partial charge in [0, 0.05) is 6.42 Å². The van der Waals surface area contributed by atoms with Crippen molar-refractivity contribution >= 4 is 17.0 Å². The van der Waals surface area contributed by atoms with E-state index in [9.17, 15) is 4.79 Å². The second-order valence-corrected chi connectivity index (χ2v) is 5.58. The topological polar surface area (TPSA) is 55.0 Å². The fraction of sp³-hybridized carbons (Fsp3) is 0.500. The van der Waals surface area contributed by atoms with Crippen LogP contribution >= 0.6 is 0 Å². The number of aromatic amines is 1. The molecule has 0 unspecified atom stereocenters. The van der Waals surface area contributed by atoms with Gasteiger partial charge in [-0.25, -0.2) is 9.78 Å². The molecule has 2 aromatic rings. The first-order chi connectivity index (χ1) is 9.78. The summed E-state index contributed by atoms with van der Waals surface area (Å²) in [6.45, 7) is 0. The summed E-state index contributed by atoms with van der Waals surface area (Å²) in [5, 5.41) is 0. The van der Waals surface area contributed by atoms with Gasteiger partial charge in [0.05, 0.1) is 18.2 Å². The Balaban J connectivity index is 1.88. The highest BCUT2D eigenvalue weighted by Crippen LogP contribution is 2.27. The largest absolute Gasteiger partial charge is 0.465 e. The number of fused-ring (bicyclic) bond motifs is 1. The molecule has 0 bridgehead atoms. The highest BCUT2D eigenvalue weighted by atomic mass is 16.5. The summed E-state index contributed by atoms with van der Waals surface area (Å²) in [5.41, 5.74) is 2.18. The first-order valence-electron chi connectivity index (χ1n) is 7.34. The molecule has 106 valence electrons. The molecule has 1 fully saturated rings. The lowest BCUT2D eigenvalue weighted by Gasteiger charge is -2.20. The van der Waals surface area contributed by atoms with Crippen LogP contribution in [0.15, 0.2) is 18.2 Å². The van der Waals surface area contributed by atoms with E-state index in [1.807, 2.05) is 12.1 Å². The predicted molar refractivity (Wildman–Crippen MR) is 77.7 cm³/mol. The molecule has 3 rings (SSSR count). The van der Waals surface area contributed by atoms with E-state index in [4.69, 9.17) is 4.74 Å². The van der Waals surface area contributed by atoms with Gasteiger partial charge in [0.2, 0.25) is 0 Å². The Hall–Kier alpha value is -1.84. The summed E-state index contributed by atoms with van der Waals surface area (Å²) in [6.07, 6.45) is 7.59. The zero-order chi connectivity index (χ0) is 13.9. The number of benzene rings is 1. The van der Waals surface area contributed by atoms with Gasteiger partial charge in [0.1, 0.15) is 11.3 Å². The molecule has 0 atom stereocenters. The summed E-state index contributed by atoms with van der Waals surface area (Å²) in [7, 11) is 1.40. The molecule has 0 aliphatic heterocycles. The molecular weight excluding hydrogens is 252 g/mol. The van der Waals surface area contributed by atoms with Crippen molar-refractivity contribution in [2.24, 2.45) is 5.92 Å². The number of rotatable bonds is 3. The number of methoxy groups -OCH3 is 1. The van der Waals surface area contributed by atoms with Gasteiger partial charge in [-0.1, -0.05) is 38.2 Å². The second-order valence-electron chi connectivity index (χ2n) is 5.58. The van der Waals surface area contributed by atoms with Crippen LogP contribution in [-0.2, 0) is 11.2 Å². The number of hydrogen-bond donors (Lipinski definition) is 1. The normalized spacial score (nSPS) is 16.4. The highest BCUT2D eigenvalue weighted by molar-refractivity contribution is 6.01. The Morgan fingerprint density at radius 1 is 1.35 bits per heavy atom. The van der Waals surface area contributed by atoms with Crippen LogP contribution in [0.1, 0.15) is 48.3 Å². The van der Waals surface area contributed by atoms with Crippen LogP contribution in [0.25, 0.3) is 11.0 Å². The van der Waals surface area contributed by atoms with E-state index in [1.54, 1.807) is 6.07 Å². The van der Waals surface area contributed by atoms with Gasteiger partial charge in [0.25, 0.3) is 0 Å². The van der Waals surface area contributed by atoms with E-state index in [0.717, 1.165) is 29.2 Å². The van der Waals surface area contributed by atoms with E-state index in [1.165, 1.54) is 39.2 Å².